The third kappa shape index (κ3) is 2.43. The van der Waals surface area contributed by atoms with Crippen LogP contribution < -0.4 is 0 Å². The minimum Gasteiger partial charge on any atom is -0.388 e. The fourth-order valence-electron chi connectivity index (χ4n) is 1.59. The van der Waals surface area contributed by atoms with Crippen LogP contribution in [0.4, 0.5) is 0 Å². The van der Waals surface area contributed by atoms with E-state index in [1.54, 1.807) is 0 Å². The van der Waals surface area contributed by atoms with Gasteiger partial charge in [-0.2, -0.15) is 0 Å². The van der Waals surface area contributed by atoms with E-state index in [1.165, 1.54) is 0 Å². The van der Waals surface area contributed by atoms with Crippen molar-refractivity contribution in [2.24, 2.45) is 5.92 Å². The predicted octanol–water partition coefficient (Wildman–Crippen LogP) is -1.17. The van der Waals surface area contributed by atoms with Gasteiger partial charge in [-0.25, -0.2) is 0 Å². The SMILES string of the molecule is CC(C)C[C@@H]1OC(O)[C@H](O)[C@H](O)[C@H]1O. The van der Waals surface area contributed by atoms with Crippen LogP contribution in [0.3, 0.4) is 0 Å². The fourth-order valence-corrected chi connectivity index (χ4v) is 1.59. The van der Waals surface area contributed by atoms with Gasteiger partial charge in [0, 0.05) is 0 Å². The average molecular weight is 206 g/mol. The fraction of sp³-hybridized carbons (Fsp3) is 1.00. The predicted molar refractivity (Wildman–Crippen MR) is 48.4 cm³/mol. The van der Waals surface area contributed by atoms with E-state index >= 15 is 0 Å². The lowest BCUT2D eigenvalue weighted by Gasteiger charge is -2.38. The summed E-state index contributed by atoms with van der Waals surface area (Å²) >= 11 is 0. The summed E-state index contributed by atoms with van der Waals surface area (Å²) in [5.41, 5.74) is 0. The summed E-state index contributed by atoms with van der Waals surface area (Å²) in [5, 5.41) is 37.3. The highest BCUT2D eigenvalue weighted by atomic mass is 16.6. The van der Waals surface area contributed by atoms with Gasteiger partial charge in [0.15, 0.2) is 6.29 Å². The first kappa shape index (κ1) is 11.9. The quantitative estimate of drug-likeness (QED) is 0.457. The third-order valence-electron chi connectivity index (χ3n) is 2.39. The summed E-state index contributed by atoms with van der Waals surface area (Å²) in [6.07, 6.45) is -5.44. The second-order valence-electron chi connectivity index (χ2n) is 4.17. The van der Waals surface area contributed by atoms with Gasteiger partial charge < -0.3 is 25.2 Å². The highest BCUT2D eigenvalue weighted by Crippen LogP contribution is 2.24. The van der Waals surface area contributed by atoms with E-state index in [9.17, 15) is 20.4 Å². The molecule has 0 spiro atoms. The average Bonchev–Trinajstić information content (AvgIpc) is 2.10. The van der Waals surface area contributed by atoms with Gasteiger partial charge in [0.25, 0.3) is 0 Å². The Morgan fingerprint density at radius 2 is 1.57 bits per heavy atom. The molecule has 0 aliphatic carbocycles. The van der Waals surface area contributed by atoms with Crippen LogP contribution in [0, 0.1) is 5.92 Å². The molecule has 1 unspecified atom stereocenters. The number of ether oxygens (including phenoxy) is 1. The third-order valence-corrected chi connectivity index (χ3v) is 2.39. The van der Waals surface area contributed by atoms with Crippen molar-refractivity contribution in [1.82, 2.24) is 0 Å². The lowest BCUT2D eigenvalue weighted by molar-refractivity contribution is -0.283. The van der Waals surface area contributed by atoms with Crippen molar-refractivity contribution >= 4 is 0 Å². The molecule has 5 nitrogen and oxygen atoms in total. The van der Waals surface area contributed by atoms with Crippen molar-refractivity contribution in [3.63, 3.8) is 0 Å². The molecular weight excluding hydrogens is 188 g/mol. The molecule has 0 aromatic heterocycles. The molecule has 1 fully saturated rings. The maximum Gasteiger partial charge on any atom is 0.183 e. The smallest absolute Gasteiger partial charge is 0.183 e. The number of hydrogen-bond donors (Lipinski definition) is 4. The minimum absolute atomic E-state index is 0.282. The van der Waals surface area contributed by atoms with E-state index in [4.69, 9.17) is 4.74 Å². The zero-order valence-corrected chi connectivity index (χ0v) is 8.37. The monoisotopic (exact) mass is 206 g/mol. The van der Waals surface area contributed by atoms with E-state index < -0.39 is 30.7 Å². The molecule has 0 saturated carbocycles. The summed E-state index contributed by atoms with van der Waals surface area (Å²) in [6.45, 7) is 3.89. The van der Waals surface area contributed by atoms with Crippen molar-refractivity contribution in [2.45, 2.75) is 51.0 Å². The number of rotatable bonds is 2. The molecule has 1 saturated heterocycles. The van der Waals surface area contributed by atoms with Gasteiger partial charge in [0.2, 0.25) is 0 Å². The van der Waals surface area contributed by atoms with Gasteiger partial charge in [-0.1, -0.05) is 13.8 Å². The maximum absolute atomic E-state index is 9.53. The van der Waals surface area contributed by atoms with E-state index in [-0.39, 0.29) is 5.92 Å². The second kappa shape index (κ2) is 4.55. The van der Waals surface area contributed by atoms with Crippen molar-refractivity contribution in [3.05, 3.63) is 0 Å². The van der Waals surface area contributed by atoms with E-state index in [1.807, 2.05) is 13.8 Å². The zero-order chi connectivity index (χ0) is 10.9. The summed E-state index contributed by atoms with van der Waals surface area (Å²) in [5.74, 6) is 0.282. The topological polar surface area (TPSA) is 90.2 Å². The summed E-state index contributed by atoms with van der Waals surface area (Å²) in [7, 11) is 0. The van der Waals surface area contributed by atoms with Crippen LogP contribution in [-0.2, 0) is 4.74 Å². The Balaban J connectivity index is 2.60. The molecule has 14 heavy (non-hydrogen) atoms. The van der Waals surface area contributed by atoms with Crippen molar-refractivity contribution in [1.29, 1.82) is 0 Å². The van der Waals surface area contributed by atoms with Gasteiger partial charge in [-0.05, 0) is 12.3 Å². The van der Waals surface area contributed by atoms with Gasteiger partial charge in [0.1, 0.15) is 18.3 Å². The standard InChI is InChI=1S/C9H18O5/c1-4(2)3-5-6(10)7(11)8(12)9(13)14-5/h4-13H,3H2,1-2H3/t5-,6-,7+,8+,9?/m0/s1. The second-order valence-corrected chi connectivity index (χ2v) is 4.17. The van der Waals surface area contributed by atoms with Crippen LogP contribution in [0.1, 0.15) is 20.3 Å². The van der Waals surface area contributed by atoms with Gasteiger partial charge in [-0.15, -0.1) is 0 Å². The van der Waals surface area contributed by atoms with E-state index in [2.05, 4.69) is 0 Å². The van der Waals surface area contributed by atoms with Crippen molar-refractivity contribution in [2.75, 3.05) is 0 Å². The normalized spacial score (nSPS) is 44.4. The molecule has 5 heteroatoms. The Bertz CT molecular complexity index is 184. The summed E-state index contributed by atoms with van der Waals surface area (Å²) < 4.78 is 4.99. The molecule has 1 rings (SSSR count). The lowest BCUT2D eigenvalue weighted by Crippen LogP contribution is -2.57. The first-order chi connectivity index (χ1) is 6.43. The Kier molecular flexibility index (Phi) is 3.86. The molecule has 4 N–H and O–H groups in total. The minimum atomic E-state index is -1.44. The molecule has 0 amide bonds. The van der Waals surface area contributed by atoms with Crippen LogP contribution in [0.25, 0.3) is 0 Å². The van der Waals surface area contributed by atoms with E-state index in [0.717, 1.165) is 0 Å². The van der Waals surface area contributed by atoms with Crippen LogP contribution in [0.5, 0.6) is 0 Å². The van der Waals surface area contributed by atoms with E-state index in [0.29, 0.717) is 6.42 Å². The molecule has 0 aromatic carbocycles. The molecule has 1 aliphatic heterocycles. The number of aliphatic hydroxyl groups excluding tert-OH is 4. The maximum atomic E-state index is 9.53. The van der Waals surface area contributed by atoms with Gasteiger partial charge in [0.05, 0.1) is 6.10 Å². The molecule has 5 atom stereocenters. The van der Waals surface area contributed by atoms with Gasteiger partial charge in [-0.3, -0.25) is 0 Å². The number of hydrogen-bond acceptors (Lipinski definition) is 5. The first-order valence-corrected chi connectivity index (χ1v) is 4.81. The molecule has 0 radical (unpaired) electrons. The molecule has 0 aromatic rings. The zero-order valence-electron chi connectivity index (χ0n) is 8.37. The van der Waals surface area contributed by atoms with Gasteiger partial charge >= 0.3 is 0 Å². The highest BCUT2D eigenvalue weighted by molar-refractivity contribution is 4.88. The van der Waals surface area contributed by atoms with Crippen LogP contribution in [-0.4, -0.2) is 51.1 Å². The Morgan fingerprint density at radius 3 is 2.07 bits per heavy atom. The summed E-state index contributed by atoms with van der Waals surface area (Å²) in [4.78, 5) is 0. The Morgan fingerprint density at radius 1 is 1.00 bits per heavy atom. The Hall–Kier alpha value is -0.200. The van der Waals surface area contributed by atoms with Crippen molar-refractivity contribution in [3.8, 4) is 0 Å². The van der Waals surface area contributed by atoms with Crippen LogP contribution in [0.15, 0.2) is 0 Å². The number of aliphatic hydroxyl groups is 4. The molecule has 1 aliphatic rings. The highest BCUT2D eigenvalue weighted by Gasteiger charge is 2.42. The molecule has 84 valence electrons. The lowest BCUT2D eigenvalue weighted by atomic mass is 9.93. The van der Waals surface area contributed by atoms with Crippen LogP contribution >= 0.6 is 0 Å². The van der Waals surface area contributed by atoms with Crippen molar-refractivity contribution < 1.29 is 25.2 Å². The molecular formula is C9H18O5. The molecule has 0 bridgehead atoms. The largest absolute Gasteiger partial charge is 0.388 e. The molecule has 1 heterocycles. The Labute approximate surface area is 82.9 Å². The van der Waals surface area contributed by atoms with Crippen LogP contribution in [0.2, 0.25) is 0 Å². The first-order valence-electron chi connectivity index (χ1n) is 4.81. The summed E-state index contributed by atoms with van der Waals surface area (Å²) in [6, 6.07) is 0.